The Hall–Kier alpha value is -1.73. The summed E-state index contributed by atoms with van der Waals surface area (Å²) in [5.41, 5.74) is 6.00. The van der Waals surface area contributed by atoms with Gasteiger partial charge in [0.1, 0.15) is 6.10 Å². The molecule has 1 aromatic rings. The first-order valence-corrected chi connectivity index (χ1v) is 4.58. The fraction of sp³-hybridized carbons (Fsp3) is 0.444. The molecule has 0 saturated heterocycles. The van der Waals surface area contributed by atoms with Crippen molar-refractivity contribution in [2.75, 3.05) is 5.73 Å². The van der Waals surface area contributed by atoms with Crippen molar-refractivity contribution in [3.63, 3.8) is 0 Å². The van der Waals surface area contributed by atoms with Gasteiger partial charge in [0.2, 0.25) is 5.95 Å². The molecule has 7 heteroatoms. The van der Waals surface area contributed by atoms with Crippen LogP contribution in [0.25, 0.3) is 0 Å². The molecule has 0 saturated carbocycles. The molecule has 0 aliphatic carbocycles. The van der Waals surface area contributed by atoms with E-state index < -0.39 is 24.6 Å². The lowest BCUT2D eigenvalue weighted by Gasteiger charge is -2.17. The van der Waals surface area contributed by atoms with Gasteiger partial charge >= 0.3 is 5.97 Å². The first-order chi connectivity index (χ1) is 7.41. The van der Waals surface area contributed by atoms with Crippen LogP contribution in [0.2, 0.25) is 0 Å². The van der Waals surface area contributed by atoms with E-state index in [1.54, 1.807) is 6.92 Å². The van der Waals surface area contributed by atoms with E-state index in [0.29, 0.717) is 5.69 Å². The van der Waals surface area contributed by atoms with Crippen LogP contribution >= 0.6 is 0 Å². The van der Waals surface area contributed by atoms with E-state index in [4.69, 9.17) is 10.8 Å². The third kappa shape index (κ3) is 2.88. The molecule has 7 nitrogen and oxygen atoms in total. The Morgan fingerprint density at radius 1 is 1.56 bits per heavy atom. The first-order valence-electron chi connectivity index (χ1n) is 4.58. The second kappa shape index (κ2) is 4.86. The minimum atomic E-state index is -1.40. The minimum absolute atomic E-state index is 0.0566. The molecule has 0 radical (unpaired) electrons. The van der Waals surface area contributed by atoms with Crippen molar-refractivity contribution < 1.29 is 20.1 Å². The van der Waals surface area contributed by atoms with Gasteiger partial charge in [0.15, 0.2) is 0 Å². The van der Waals surface area contributed by atoms with Crippen molar-refractivity contribution in [3.8, 4) is 0 Å². The van der Waals surface area contributed by atoms with E-state index in [9.17, 15) is 15.0 Å². The SMILES string of the molecule is Cc1nc(N)ncc1C(O)C(O)CC(=O)O. The summed E-state index contributed by atoms with van der Waals surface area (Å²) in [6, 6.07) is 0. The van der Waals surface area contributed by atoms with Crippen LogP contribution in [0, 0.1) is 6.92 Å². The average molecular weight is 227 g/mol. The fourth-order valence-electron chi connectivity index (χ4n) is 1.28. The van der Waals surface area contributed by atoms with Gasteiger partial charge < -0.3 is 21.1 Å². The topological polar surface area (TPSA) is 130 Å². The van der Waals surface area contributed by atoms with Crippen LogP contribution in [0.1, 0.15) is 23.8 Å². The van der Waals surface area contributed by atoms with Gasteiger partial charge in [0.05, 0.1) is 12.5 Å². The number of aliphatic hydroxyl groups excluding tert-OH is 2. The number of carbonyl (C=O) groups is 1. The van der Waals surface area contributed by atoms with Crippen LogP contribution in [0.3, 0.4) is 0 Å². The van der Waals surface area contributed by atoms with E-state index in [1.165, 1.54) is 6.20 Å². The van der Waals surface area contributed by atoms with Crippen molar-refractivity contribution >= 4 is 11.9 Å². The van der Waals surface area contributed by atoms with Crippen LogP contribution in [0.4, 0.5) is 5.95 Å². The van der Waals surface area contributed by atoms with Gasteiger partial charge in [-0.25, -0.2) is 9.97 Å². The molecular formula is C9H13N3O4. The third-order valence-electron chi connectivity index (χ3n) is 2.10. The Balaban J connectivity index is 2.87. The molecule has 2 unspecified atom stereocenters. The number of hydrogen-bond acceptors (Lipinski definition) is 6. The van der Waals surface area contributed by atoms with Gasteiger partial charge in [-0.15, -0.1) is 0 Å². The Kier molecular flexibility index (Phi) is 3.75. The molecule has 0 fully saturated rings. The highest BCUT2D eigenvalue weighted by atomic mass is 16.4. The number of carboxylic acids is 1. The summed E-state index contributed by atoms with van der Waals surface area (Å²) >= 11 is 0. The smallest absolute Gasteiger partial charge is 0.306 e. The molecule has 2 atom stereocenters. The number of nitrogens with two attached hydrogens (primary N) is 1. The van der Waals surface area contributed by atoms with E-state index in [0.717, 1.165) is 0 Å². The quantitative estimate of drug-likeness (QED) is 0.531. The predicted octanol–water partition coefficient (Wildman–Crippen LogP) is -0.764. The van der Waals surface area contributed by atoms with Crippen molar-refractivity contribution in [1.29, 1.82) is 0 Å². The van der Waals surface area contributed by atoms with Gasteiger partial charge in [-0.3, -0.25) is 4.79 Å². The van der Waals surface area contributed by atoms with E-state index in [1.807, 2.05) is 0 Å². The van der Waals surface area contributed by atoms with Crippen LogP contribution in [0.15, 0.2) is 6.20 Å². The van der Waals surface area contributed by atoms with Crippen molar-refractivity contribution in [2.24, 2.45) is 0 Å². The zero-order valence-corrected chi connectivity index (χ0v) is 8.66. The highest BCUT2D eigenvalue weighted by Crippen LogP contribution is 2.20. The maximum absolute atomic E-state index is 10.4. The molecule has 0 aliphatic heterocycles. The zero-order valence-electron chi connectivity index (χ0n) is 8.66. The zero-order chi connectivity index (χ0) is 12.3. The molecule has 0 bridgehead atoms. The molecule has 1 heterocycles. The first kappa shape index (κ1) is 12.3. The largest absolute Gasteiger partial charge is 0.481 e. The Bertz CT molecular complexity index is 396. The summed E-state index contributed by atoms with van der Waals surface area (Å²) in [7, 11) is 0. The van der Waals surface area contributed by atoms with Crippen LogP contribution in [-0.4, -0.2) is 37.4 Å². The second-order valence-corrected chi connectivity index (χ2v) is 3.38. The van der Waals surface area contributed by atoms with Gasteiger partial charge in [-0.1, -0.05) is 0 Å². The van der Waals surface area contributed by atoms with E-state index >= 15 is 0 Å². The lowest BCUT2D eigenvalue weighted by Crippen LogP contribution is -2.23. The molecule has 16 heavy (non-hydrogen) atoms. The maximum atomic E-state index is 10.4. The number of nitrogen functional groups attached to an aromatic ring is 1. The number of nitrogens with zero attached hydrogens (tertiary/aromatic N) is 2. The minimum Gasteiger partial charge on any atom is -0.481 e. The Morgan fingerprint density at radius 3 is 2.69 bits per heavy atom. The lowest BCUT2D eigenvalue weighted by atomic mass is 10.0. The molecule has 1 aromatic heterocycles. The summed E-state index contributed by atoms with van der Waals surface area (Å²) in [4.78, 5) is 17.8. The molecule has 0 amide bonds. The molecule has 0 spiro atoms. The summed E-state index contributed by atoms with van der Waals surface area (Å²) in [6.45, 7) is 1.59. The monoisotopic (exact) mass is 227 g/mol. The molecule has 0 aromatic carbocycles. The number of hydrogen-bond donors (Lipinski definition) is 4. The van der Waals surface area contributed by atoms with Crippen molar-refractivity contribution in [2.45, 2.75) is 25.6 Å². The van der Waals surface area contributed by atoms with Crippen LogP contribution in [0.5, 0.6) is 0 Å². The lowest BCUT2D eigenvalue weighted by molar-refractivity contribution is -0.141. The van der Waals surface area contributed by atoms with Gasteiger partial charge in [0, 0.05) is 17.5 Å². The van der Waals surface area contributed by atoms with Gasteiger partial charge in [-0.2, -0.15) is 0 Å². The number of aromatic nitrogens is 2. The standard InChI is InChI=1S/C9H13N3O4/c1-4-5(3-11-9(10)12-4)8(16)6(13)2-7(14)15/h3,6,8,13,16H,2H2,1H3,(H,14,15)(H2,10,11,12). The van der Waals surface area contributed by atoms with E-state index in [-0.39, 0.29) is 11.5 Å². The number of aryl methyl sites for hydroxylation is 1. The van der Waals surface area contributed by atoms with Crippen molar-refractivity contribution in [1.82, 2.24) is 9.97 Å². The number of anilines is 1. The maximum Gasteiger partial charge on any atom is 0.306 e. The van der Waals surface area contributed by atoms with Crippen molar-refractivity contribution in [3.05, 3.63) is 17.5 Å². The number of aliphatic carboxylic acids is 1. The summed E-state index contributed by atoms with van der Waals surface area (Å²) in [5.74, 6) is -1.14. The molecule has 5 N–H and O–H groups in total. The number of aliphatic hydroxyl groups is 2. The predicted molar refractivity (Wildman–Crippen MR) is 54.4 cm³/mol. The highest BCUT2D eigenvalue weighted by molar-refractivity contribution is 5.67. The second-order valence-electron chi connectivity index (χ2n) is 3.38. The Labute approximate surface area is 91.6 Å². The summed E-state index contributed by atoms with van der Waals surface area (Å²) < 4.78 is 0. The molecule has 88 valence electrons. The van der Waals surface area contributed by atoms with Gasteiger partial charge in [-0.05, 0) is 6.92 Å². The number of carboxylic acid groups (broad SMARTS) is 1. The summed E-state index contributed by atoms with van der Waals surface area (Å²) in [5, 5.41) is 27.6. The normalized spacial score (nSPS) is 14.4. The average Bonchev–Trinajstić information content (AvgIpc) is 2.15. The molecule has 0 aliphatic rings. The summed E-state index contributed by atoms with van der Waals surface area (Å²) in [6.07, 6.45) is -2.02. The van der Waals surface area contributed by atoms with Crippen LogP contribution in [-0.2, 0) is 4.79 Å². The Morgan fingerprint density at radius 2 is 2.19 bits per heavy atom. The third-order valence-corrected chi connectivity index (χ3v) is 2.10. The van der Waals surface area contributed by atoms with Gasteiger partial charge in [0.25, 0.3) is 0 Å². The van der Waals surface area contributed by atoms with E-state index in [2.05, 4.69) is 9.97 Å². The molecule has 1 rings (SSSR count). The highest BCUT2D eigenvalue weighted by Gasteiger charge is 2.23. The molecular weight excluding hydrogens is 214 g/mol. The fourth-order valence-corrected chi connectivity index (χ4v) is 1.28. The van der Waals surface area contributed by atoms with Crippen LogP contribution < -0.4 is 5.73 Å². The number of rotatable bonds is 4.